The molecular weight excluding hydrogens is 1200 g/mol. The van der Waals surface area contributed by atoms with Gasteiger partial charge in [0.25, 0.3) is 0 Å². The topological polar surface area (TPSA) is 222 Å². The van der Waals surface area contributed by atoms with E-state index in [9.17, 15) is 29.4 Å². The summed E-state index contributed by atoms with van der Waals surface area (Å²) in [6.07, 6.45) is -16.4. The number of carbonyl (C=O) groups excluding carboxylic acids is 4. The molecule has 0 aromatic heterocycles. The van der Waals surface area contributed by atoms with Gasteiger partial charge in [-0.25, -0.2) is 19.2 Å². The van der Waals surface area contributed by atoms with Crippen LogP contribution in [0.2, 0.25) is 17.6 Å². The summed E-state index contributed by atoms with van der Waals surface area (Å²) in [5.74, 6) is -1.56. The first-order valence-electron chi connectivity index (χ1n) is 28.8. The molecule has 87 heavy (non-hydrogen) atoms. The highest BCUT2D eigenvalue weighted by molar-refractivity contribution is 6.75. The largest absolute Gasteiger partial charge is 0.508 e. The fourth-order valence-electron chi connectivity index (χ4n) is 11.1. The third-order valence-electron chi connectivity index (χ3n) is 15.8. The van der Waals surface area contributed by atoms with E-state index in [0.29, 0.717) is 23.2 Å². The molecule has 462 valence electrons. The Morgan fingerprint density at radius 1 is 0.621 bits per heavy atom. The average Bonchev–Trinajstić information content (AvgIpc) is 1.87. The van der Waals surface area contributed by atoms with Gasteiger partial charge >= 0.3 is 24.2 Å². The highest BCUT2D eigenvalue weighted by Gasteiger charge is 2.57. The van der Waals surface area contributed by atoms with Crippen LogP contribution < -0.4 is 10.1 Å². The smallest absolute Gasteiger partial charge is 0.450 e. The SMILES string of the molecule is CC[Si](CC)(O[C@H]1[C@@H](O)[C@@H](CO)O[C@@H](O[C@H]2[C@H](OC(=O)OCC3c4ccccc4-c4ccccc43)[C@@H](NC(=O)OCC(Cl)(Cl)Cl)[C@H](OCc3ccc(OC(=O)c4ccccc4)cc3)O[C@@H]2COCc2ccccc2)[C@@H]1OC(=O)c1ccccc1)C(C)C. The number of halogens is 3. The van der Waals surface area contributed by atoms with E-state index in [-0.39, 0.29) is 43.3 Å². The van der Waals surface area contributed by atoms with Crippen molar-refractivity contribution in [3.8, 4) is 16.9 Å². The van der Waals surface area contributed by atoms with Crippen molar-refractivity contribution < 1.29 is 81.2 Å². The molecule has 0 unspecified atom stereocenters. The van der Waals surface area contributed by atoms with Crippen LogP contribution in [0.1, 0.15) is 76.6 Å². The van der Waals surface area contributed by atoms with Gasteiger partial charge in [0.1, 0.15) is 55.5 Å². The van der Waals surface area contributed by atoms with Gasteiger partial charge in [0.05, 0.1) is 37.6 Å². The first-order valence-corrected chi connectivity index (χ1v) is 32.3. The van der Waals surface area contributed by atoms with Gasteiger partial charge in [-0.2, -0.15) is 0 Å². The van der Waals surface area contributed by atoms with Crippen LogP contribution >= 0.6 is 34.8 Å². The third-order valence-corrected chi connectivity index (χ3v) is 21.3. The monoisotopic (exact) mass is 1270 g/mol. The molecular formula is C65H70Cl3NO17Si. The molecule has 6 aromatic carbocycles. The van der Waals surface area contributed by atoms with Crippen molar-refractivity contribution in [2.45, 2.75) is 130 Å². The first-order chi connectivity index (χ1) is 42.0. The summed E-state index contributed by atoms with van der Waals surface area (Å²) in [5.41, 5.74) is 5.60. The first kappa shape index (κ1) is 65.0. The van der Waals surface area contributed by atoms with Crippen LogP contribution in [-0.2, 0) is 60.3 Å². The number of rotatable bonds is 24. The van der Waals surface area contributed by atoms with E-state index >= 15 is 0 Å². The highest BCUT2D eigenvalue weighted by atomic mass is 35.6. The maximum absolute atomic E-state index is 14.8. The normalized spacial score (nSPS) is 22.8. The zero-order valence-electron chi connectivity index (χ0n) is 48.3. The van der Waals surface area contributed by atoms with E-state index in [1.807, 2.05) is 107 Å². The van der Waals surface area contributed by atoms with Crippen molar-refractivity contribution in [1.82, 2.24) is 5.32 Å². The van der Waals surface area contributed by atoms with E-state index in [1.165, 1.54) is 0 Å². The Morgan fingerprint density at radius 3 is 1.77 bits per heavy atom. The Bertz CT molecular complexity index is 3170. The van der Waals surface area contributed by atoms with Crippen LogP contribution in [0.4, 0.5) is 9.59 Å². The Morgan fingerprint density at radius 2 is 1.18 bits per heavy atom. The zero-order chi connectivity index (χ0) is 61.7. The summed E-state index contributed by atoms with van der Waals surface area (Å²) in [6, 6.07) is 47.5. The van der Waals surface area contributed by atoms with Gasteiger partial charge in [0.2, 0.25) is 3.79 Å². The number of alkyl halides is 3. The van der Waals surface area contributed by atoms with Gasteiger partial charge in [0.15, 0.2) is 33.1 Å². The quantitative estimate of drug-likeness (QED) is 0.0168. The minimum absolute atomic E-state index is 0.00645. The molecule has 0 saturated carbocycles. The molecule has 18 nitrogen and oxygen atoms in total. The standard InChI is InChI=1S/C65H70Cl3NO17Si/c1-5-87(6-2,40(3)4)86-57-54(71)51(34-70)81-62(58(57)83-60(73)44-24-14-9-15-25-44)84-55-52(38-76-35-41-20-10-7-11-21-41)82-61(77-36-42-30-32-45(33-31-42)80-59(72)43-22-12-8-13-23-43)53(69-63(74)79-39-65(66,67)68)56(55)85-64(75)78-37-50-48-28-18-16-26-46(48)47-27-17-19-29-49(47)50/h7-33,40,50-58,61-62,70-71H,5-6,34-39H2,1-4H3,(H,69,74)/t51-,52-,53-,54+,55-,56-,57+,58-,61-,62+/m1/s1. The van der Waals surface area contributed by atoms with Crippen LogP contribution in [0.3, 0.4) is 0 Å². The predicted octanol–water partition coefficient (Wildman–Crippen LogP) is 11.6. The van der Waals surface area contributed by atoms with E-state index in [2.05, 4.69) is 5.32 Å². The van der Waals surface area contributed by atoms with Gasteiger partial charge in [-0.3, -0.25) is 0 Å². The second kappa shape index (κ2) is 30.2. The van der Waals surface area contributed by atoms with Crippen LogP contribution in [0, 0.1) is 0 Å². The van der Waals surface area contributed by atoms with Gasteiger partial charge in [0, 0.05) is 5.92 Å². The number of hydrogen-bond acceptors (Lipinski definition) is 17. The van der Waals surface area contributed by atoms with Crippen molar-refractivity contribution in [3.63, 3.8) is 0 Å². The van der Waals surface area contributed by atoms with Crippen molar-refractivity contribution in [2.24, 2.45) is 0 Å². The summed E-state index contributed by atoms with van der Waals surface area (Å²) < 4.78 is 68.3. The van der Waals surface area contributed by atoms with Crippen LogP contribution in [-0.4, -0.2) is 134 Å². The predicted molar refractivity (Wildman–Crippen MR) is 325 cm³/mol. The maximum Gasteiger partial charge on any atom is 0.508 e. The van der Waals surface area contributed by atoms with Gasteiger partial charge in [-0.1, -0.05) is 190 Å². The third kappa shape index (κ3) is 16.5. The fraction of sp³-hybridized carbons (Fsp3) is 0.385. The van der Waals surface area contributed by atoms with E-state index in [0.717, 1.165) is 27.8 Å². The fourth-order valence-corrected chi connectivity index (χ4v) is 14.8. The van der Waals surface area contributed by atoms with Crippen molar-refractivity contribution >= 4 is 67.3 Å². The number of benzene rings is 6. The molecule has 10 atom stereocenters. The molecule has 2 fully saturated rings. The van der Waals surface area contributed by atoms with E-state index in [4.69, 9.17) is 86.6 Å². The molecule has 2 aliphatic heterocycles. The Labute approximate surface area is 521 Å². The summed E-state index contributed by atoms with van der Waals surface area (Å²) in [7, 11) is -2.83. The molecule has 22 heteroatoms. The Balaban J connectivity index is 1.12. The summed E-state index contributed by atoms with van der Waals surface area (Å²) in [6.45, 7) is 5.88. The van der Waals surface area contributed by atoms with Crippen molar-refractivity contribution in [2.75, 3.05) is 26.4 Å². The zero-order valence-corrected chi connectivity index (χ0v) is 51.6. The number of hydrogen-bond donors (Lipinski definition) is 3. The van der Waals surface area contributed by atoms with Crippen LogP contribution in [0.5, 0.6) is 5.75 Å². The lowest BCUT2D eigenvalue weighted by Gasteiger charge is -2.50. The van der Waals surface area contributed by atoms with E-state index < -0.39 is 117 Å². The van der Waals surface area contributed by atoms with E-state index in [1.54, 1.807) is 84.9 Å². The molecule has 0 bridgehead atoms. The summed E-state index contributed by atoms with van der Waals surface area (Å²) >= 11 is 18.2. The number of nitrogens with one attached hydrogen (secondary N) is 1. The van der Waals surface area contributed by atoms with Crippen molar-refractivity contribution in [1.29, 1.82) is 0 Å². The minimum Gasteiger partial charge on any atom is -0.450 e. The average molecular weight is 1270 g/mol. The molecule has 3 aliphatic rings. The lowest BCUT2D eigenvalue weighted by atomic mass is 9.95. The lowest BCUT2D eigenvalue weighted by Crippen LogP contribution is -2.69. The highest BCUT2D eigenvalue weighted by Crippen LogP contribution is 2.45. The molecule has 0 radical (unpaired) electrons. The van der Waals surface area contributed by atoms with Gasteiger partial charge in [-0.15, -0.1) is 0 Å². The molecule has 6 aromatic rings. The number of alkyl carbamates (subject to hydrolysis) is 1. The number of aliphatic hydroxyl groups is 2. The molecule has 3 N–H and O–H groups in total. The number of fused-ring (bicyclic) bond motifs is 3. The second-order valence-corrected chi connectivity index (χ2v) is 29.0. The summed E-state index contributed by atoms with van der Waals surface area (Å²) in [5, 5.41) is 25.9. The molecule has 1 aliphatic carbocycles. The number of aliphatic hydroxyl groups excluding tert-OH is 2. The minimum atomic E-state index is -2.83. The Hall–Kier alpha value is -6.43. The second-order valence-electron chi connectivity index (χ2n) is 21.5. The van der Waals surface area contributed by atoms with Gasteiger partial charge < -0.3 is 67.3 Å². The number of esters is 2. The molecule has 9 rings (SSSR count). The number of amides is 1. The number of carbonyl (C=O) groups is 4. The molecule has 2 saturated heterocycles. The molecule has 0 spiro atoms. The molecule has 1 amide bonds. The maximum atomic E-state index is 14.8. The van der Waals surface area contributed by atoms with Gasteiger partial charge in [-0.05, 0) is 87.4 Å². The number of ether oxygens (including phenoxy) is 10. The molecule has 2 heterocycles. The lowest BCUT2D eigenvalue weighted by molar-refractivity contribution is -0.348. The van der Waals surface area contributed by atoms with Crippen molar-refractivity contribution in [3.05, 3.63) is 197 Å². The summed E-state index contributed by atoms with van der Waals surface area (Å²) in [4.78, 5) is 56.3. The Kier molecular flexibility index (Phi) is 22.6. The van der Waals surface area contributed by atoms with Crippen LogP contribution in [0.25, 0.3) is 11.1 Å². The van der Waals surface area contributed by atoms with Crippen LogP contribution in [0.15, 0.2) is 164 Å².